The number of hydrogen-bond donors (Lipinski definition) is 2. The Morgan fingerprint density at radius 2 is 1.35 bits per heavy atom. The van der Waals surface area contributed by atoms with Gasteiger partial charge in [0, 0.05) is 17.4 Å². The molecular formula is C16H15F3N4O2S. The molecule has 0 unspecified atom stereocenters. The van der Waals surface area contributed by atoms with Gasteiger partial charge >= 0.3 is 6.18 Å². The number of alkyl halides is 3. The van der Waals surface area contributed by atoms with E-state index in [4.69, 9.17) is 0 Å². The molecular weight excluding hydrogens is 369 g/mol. The molecule has 0 saturated carbocycles. The molecule has 1 heterocycles. The number of imidazole rings is 1. The van der Waals surface area contributed by atoms with Crippen molar-refractivity contribution in [2.45, 2.75) is 6.18 Å². The van der Waals surface area contributed by atoms with E-state index in [1.807, 2.05) is 12.1 Å². The third-order valence-corrected chi connectivity index (χ3v) is 3.06. The van der Waals surface area contributed by atoms with Crippen LogP contribution in [0.4, 0.5) is 13.2 Å². The number of halogens is 3. The standard InChI is InChI=1S/C16H11F3N2.H4N2O2S/c17-16(18,19)14-11-21(13-9-5-2-6-10-13)15(20-14)12-7-3-1-4-8-12;1-5(2,3)4/h1-11H;(H4,1,2,3,4). The van der Waals surface area contributed by atoms with Gasteiger partial charge in [-0.05, 0) is 12.1 Å². The van der Waals surface area contributed by atoms with Crippen LogP contribution in [-0.2, 0) is 16.4 Å². The van der Waals surface area contributed by atoms with Crippen LogP contribution < -0.4 is 10.3 Å². The number of para-hydroxylation sites is 1. The summed E-state index contributed by atoms with van der Waals surface area (Å²) >= 11 is 0. The minimum absolute atomic E-state index is 0.272. The second-order valence-electron chi connectivity index (χ2n) is 5.11. The highest BCUT2D eigenvalue weighted by Gasteiger charge is 2.35. The lowest BCUT2D eigenvalue weighted by Crippen LogP contribution is -2.21. The molecule has 138 valence electrons. The molecule has 1 aromatic heterocycles. The maximum atomic E-state index is 12.9. The Bertz CT molecular complexity index is 891. The van der Waals surface area contributed by atoms with Gasteiger partial charge in [0.05, 0.1) is 0 Å². The number of nitrogens with two attached hydrogens (primary N) is 2. The minimum atomic E-state index is -4.47. The van der Waals surface area contributed by atoms with Crippen molar-refractivity contribution in [2.24, 2.45) is 10.3 Å². The van der Waals surface area contributed by atoms with E-state index in [1.165, 1.54) is 4.57 Å². The van der Waals surface area contributed by atoms with Crippen molar-refractivity contribution < 1.29 is 21.6 Å². The van der Waals surface area contributed by atoms with E-state index in [2.05, 4.69) is 15.3 Å². The molecule has 0 radical (unpaired) electrons. The van der Waals surface area contributed by atoms with Gasteiger partial charge < -0.3 is 0 Å². The predicted molar refractivity (Wildman–Crippen MR) is 91.3 cm³/mol. The first-order valence-electron chi connectivity index (χ1n) is 7.13. The van der Waals surface area contributed by atoms with Crippen molar-refractivity contribution >= 4 is 10.2 Å². The molecule has 0 amide bonds. The molecule has 0 spiro atoms. The minimum Gasteiger partial charge on any atom is -0.299 e. The van der Waals surface area contributed by atoms with E-state index in [-0.39, 0.29) is 5.82 Å². The average Bonchev–Trinajstić information content (AvgIpc) is 3.00. The first kappa shape index (κ1) is 19.6. The van der Waals surface area contributed by atoms with Crippen LogP contribution in [0.1, 0.15) is 5.69 Å². The monoisotopic (exact) mass is 384 g/mol. The Kier molecular flexibility index (Phi) is 5.80. The second kappa shape index (κ2) is 7.68. The summed E-state index contributed by atoms with van der Waals surface area (Å²) in [7, 11) is -3.67. The molecule has 2 aromatic carbocycles. The third-order valence-electron chi connectivity index (χ3n) is 3.06. The van der Waals surface area contributed by atoms with E-state index in [1.54, 1.807) is 48.5 Å². The lowest BCUT2D eigenvalue weighted by atomic mass is 10.2. The van der Waals surface area contributed by atoms with Crippen LogP contribution in [0, 0.1) is 0 Å². The van der Waals surface area contributed by atoms with Crippen molar-refractivity contribution in [3.8, 4) is 17.1 Å². The molecule has 3 rings (SSSR count). The SMILES string of the molecule is FC(F)(F)c1cn(-c2ccccc2)c(-c2ccccc2)n1.NS(N)(=O)=O. The van der Waals surface area contributed by atoms with Gasteiger partial charge in [-0.15, -0.1) is 0 Å². The number of hydrogen-bond acceptors (Lipinski definition) is 3. The zero-order valence-corrected chi connectivity index (χ0v) is 14.1. The van der Waals surface area contributed by atoms with Crippen LogP contribution in [0.15, 0.2) is 66.9 Å². The van der Waals surface area contributed by atoms with Gasteiger partial charge in [0.25, 0.3) is 10.2 Å². The fraction of sp³-hybridized carbons (Fsp3) is 0.0625. The molecule has 26 heavy (non-hydrogen) atoms. The van der Waals surface area contributed by atoms with Crippen molar-refractivity contribution in [3.63, 3.8) is 0 Å². The number of rotatable bonds is 2. The van der Waals surface area contributed by atoms with Gasteiger partial charge in [-0.3, -0.25) is 4.57 Å². The van der Waals surface area contributed by atoms with Crippen molar-refractivity contribution in [2.75, 3.05) is 0 Å². The van der Waals surface area contributed by atoms with E-state index >= 15 is 0 Å². The smallest absolute Gasteiger partial charge is 0.299 e. The Labute approximate surface area is 148 Å². The quantitative estimate of drug-likeness (QED) is 0.710. The van der Waals surface area contributed by atoms with Crippen LogP contribution in [0.25, 0.3) is 17.1 Å². The topological polar surface area (TPSA) is 104 Å². The van der Waals surface area contributed by atoms with Gasteiger partial charge in [-0.2, -0.15) is 21.6 Å². The third kappa shape index (κ3) is 5.69. The summed E-state index contributed by atoms with van der Waals surface area (Å²) in [5, 5.41) is 8.21. The summed E-state index contributed by atoms with van der Waals surface area (Å²) in [6.45, 7) is 0. The Hall–Kier alpha value is -2.69. The summed E-state index contributed by atoms with van der Waals surface area (Å²) in [5.41, 5.74) is 0.376. The Morgan fingerprint density at radius 1 is 0.885 bits per heavy atom. The molecule has 0 aliphatic rings. The highest BCUT2D eigenvalue weighted by molar-refractivity contribution is 7.86. The number of benzene rings is 2. The molecule has 0 atom stereocenters. The zero-order valence-electron chi connectivity index (χ0n) is 13.3. The lowest BCUT2D eigenvalue weighted by Gasteiger charge is -2.07. The van der Waals surface area contributed by atoms with Crippen molar-refractivity contribution in [1.29, 1.82) is 0 Å². The second-order valence-corrected chi connectivity index (χ2v) is 6.29. The molecule has 3 aromatic rings. The largest absolute Gasteiger partial charge is 0.434 e. The lowest BCUT2D eigenvalue weighted by molar-refractivity contribution is -0.140. The first-order chi connectivity index (χ1) is 12.1. The summed E-state index contributed by atoms with van der Waals surface area (Å²) in [6, 6.07) is 17.7. The summed E-state index contributed by atoms with van der Waals surface area (Å²) < 4.78 is 58.6. The molecule has 0 fully saturated rings. The van der Waals surface area contributed by atoms with E-state index in [0.29, 0.717) is 11.3 Å². The van der Waals surface area contributed by atoms with Crippen LogP contribution in [-0.4, -0.2) is 18.0 Å². The van der Waals surface area contributed by atoms with Crippen molar-refractivity contribution in [3.05, 3.63) is 72.6 Å². The van der Waals surface area contributed by atoms with E-state index in [0.717, 1.165) is 6.20 Å². The van der Waals surface area contributed by atoms with Gasteiger partial charge in [0.15, 0.2) is 5.69 Å². The van der Waals surface area contributed by atoms with E-state index < -0.39 is 22.1 Å². The van der Waals surface area contributed by atoms with Crippen LogP contribution in [0.2, 0.25) is 0 Å². The normalized spacial score (nSPS) is 11.6. The molecule has 0 saturated heterocycles. The van der Waals surface area contributed by atoms with E-state index in [9.17, 15) is 21.6 Å². The van der Waals surface area contributed by atoms with Gasteiger partial charge in [0.1, 0.15) is 5.82 Å². The van der Waals surface area contributed by atoms with Crippen molar-refractivity contribution in [1.82, 2.24) is 9.55 Å². The van der Waals surface area contributed by atoms with Crippen LogP contribution in [0.3, 0.4) is 0 Å². The highest BCUT2D eigenvalue weighted by Crippen LogP contribution is 2.32. The molecule has 0 aliphatic carbocycles. The number of nitrogens with zero attached hydrogens (tertiary/aromatic N) is 2. The fourth-order valence-corrected chi connectivity index (χ4v) is 2.09. The summed E-state index contributed by atoms with van der Waals surface area (Å²) in [4.78, 5) is 3.77. The summed E-state index contributed by atoms with van der Waals surface area (Å²) in [5.74, 6) is 0.272. The Morgan fingerprint density at radius 3 is 1.81 bits per heavy atom. The van der Waals surface area contributed by atoms with Crippen LogP contribution >= 0.6 is 0 Å². The Balaban J connectivity index is 0.000000431. The first-order valence-corrected chi connectivity index (χ1v) is 8.74. The maximum absolute atomic E-state index is 12.9. The van der Waals surface area contributed by atoms with Gasteiger partial charge in [-0.1, -0.05) is 48.5 Å². The van der Waals surface area contributed by atoms with Gasteiger partial charge in [-0.25, -0.2) is 15.3 Å². The van der Waals surface area contributed by atoms with Crippen LogP contribution in [0.5, 0.6) is 0 Å². The maximum Gasteiger partial charge on any atom is 0.434 e. The molecule has 6 nitrogen and oxygen atoms in total. The summed E-state index contributed by atoms with van der Waals surface area (Å²) in [6.07, 6.45) is -3.44. The molecule has 0 bridgehead atoms. The molecule has 4 N–H and O–H groups in total. The predicted octanol–water partition coefficient (Wildman–Crippen LogP) is 2.71. The average molecular weight is 384 g/mol. The van der Waals surface area contributed by atoms with Gasteiger partial charge in [0.2, 0.25) is 0 Å². The molecule has 10 heteroatoms. The molecule has 0 aliphatic heterocycles. The number of aromatic nitrogens is 2. The zero-order chi connectivity index (χ0) is 19.4. The highest BCUT2D eigenvalue weighted by atomic mass is 32.2. The fourth-order valence-electron chi connectivity index (χ4n) is 2.09.